The zero-order chi connectivity index (χ0) is 26.3. The van der Waals surface area contributed by atoms with Crippen molar-refractivity contribution in [1.82, 2.24) is 15.0 Å². The Morgan fingerprint density at radius 3 is 2.56 bits per heavy atom. The molecule has 0 radical (unpaired) electrons. The summed E-state index contributed by atoms with van der Waals surface area (Å²) >= 11 is 0. The first-order chi connectivity index (χ1) is 17.1. The van der Waals surface area contributed by atoms with Gasteiger partial charge in [-0.2, -0.15) is 4.72 Å². The number of carboxylic acid groups (broad SMARTS) is 1. The van der Waals surface area contributed by atoms with Crippen LogP contribution < -0.4 is 15.4 Å². The molecule has 0 saturated carbocycles. The lowest BCUT2D eigenvalue weighted by atomic mass is 10.1. The van der Waals surface area contributed by atoms with E-state index in [1.807, 2.05) is 13.0 Å². The number of aliphatic carboxylic acids is 1. The van der Waals surface area contributed by atoms with Crippen molar-refractivity contribution >= 4 is 27.7 Å². The molecule has 1 unspecified atom stereocenters. The smallest absolute Gasteiger partial charge is 0.321 e. The first-order valence-corrected chi connectivity index (χ1v) is 13.9. The number of rotatable bonds is 12. The van der Waals surface area contributed by atoms with Crippen LogP contribution >= 0.6 is 0 Å². The fraction of sp³-hybridized carbons (Fsp3) is 0.500. The van der Waals surface area contributed by atoms with Crippen LogP contribution in [0.1, 0.15) is 60.1 Å². The number of aryl methyl sites for hydroxylation is 5. The Labute approximate surface area is 213 Å². The van der Waals surface area contributed by atoms with Crippen LogP contribution in [0.15, 0.2) is 29.2 Å². The molecule has 1 aromatic heterocycles. The van der Waals surface area contributed by atoms with Crippen molar-refractivity contribution in [3.63, 3.8) is 0 Å². The number of amides is 1. The van der Waals surface area contributed by atoms with Gasteiger partial charge in [0.2, 0.25) is 15.9 Å². The van der Waals surface area contributed by atoms with E-state index in [0.29, 0.717) is 24.0 Å². The normalized spacial score (nSPS) is 14.0. The van der Waals surface area contributed by atoms with Gasteiger partial charge >= 0.3 is 5.97 Å². The molecule has 4 N–H and O–H groups in total. The number of carbonyl (C=O) groups is 2. The van der Waals surface area contributed by atoms with E-state index in [9.17, 15) is 23.1 Å². The van der Waals surface area contributed by atoms with Gasteiger partial charge in [-0.15, -0.1) is 0 Å². The number of sulfonamides is 1. The molecule has 0 fully saturated rings. The zero-order valence-corrected chi connectivity index (χ0v) is 22.0. The Kier molecular flexibility index (Phi) is 9.44. The molecule has 0 aliphatic carbocycles. The molecule has 1 atom stereocenters. The summed E-state index contributed by atoms with van der Waals surface area (Å²) in [5.41, 5.74) is 4.28. The topological polar surface area (TPSA) is 137 Å². The quantitative estimate of drug-likeness (QED) is 0.318. The molecule has 1 aromatic carbocycles. The Hall–Kier alpha value is -2.98. The molecular weight excluding hydrogens is 480 g/mol. The second-order valence-electron chi connectivity index (χ2n) is 9.43. The number of carboxylic acids is 1. The van der Waals surface area contributed by atoms with Gasteiger partial charge in [0.15, 0.2) is 0 Å². The number of hydrogen-bond acceptors (Lipinski definition) is 6. The lowest BCUT2D eigenvalue weighted by Gasteiger charge is -2.18. The second kappa shape index (κ2) is 12.3. The van der Waals surface area contributed by atoms with Gasteiger partial charge in [-0.25, -0.2) is 13.4 Å². The highest BCUT2D eigenvalue weighted by molar-refractivity contribution is 7.89. The summed E-state index contributed by atoms with van der Waals surface area (Å²) in [4.78, 5) is 28.6. The maximum atomic E-state index is 12.9. The molecule has 10 heteroatoms. The van der Waals surface area contributed by atoms with Crippen molar-refractivity contribution in [3.8, 4) is 0 Å². The Bertz CT molecular complexity index is 1190. The Morgan fingerprint density at radius 1 is 1.14 bits per heavy atom. The minimum Gasteiger partial charge on any atom is -0.480 e. The van der Waals surface area contributed by atoms with E-state index in [1.165, 1.54) is 5.56 Å². The molecule has 1 amide bonds. The van der Waals surface area contributed by atoms with Crippen LogP contribution in [0, 0.1) is 20.8 Å². The van der Waals surface area contributed by atoms with Crippen LogP contribution in [0.25, 0.3) is 0 Å². The minimum atomic E-state index is -4.04. The number of fused-ring (bicyclic) bond motifs is 1. The van der Waals surface area contributed by atoms with Crippen LogP contribution in [-0.2, 0) is 32.5 Å². The third kappa shape index (κ3) is 7.51. The largest absolute Gasteiger partial charge is 0.480 e. The summed E-state index contributed by atoms with van der Waals surface area (Å²) in [7, 11) is -4.04. The molecule has 2 aromatic rings. The van der Waals surface area contributed by atoms with Gasteiger partial charge in [0.05, 0.1) is 4.90 Å². The second-order valence-corrected chi connectivity index (χ2v) is 11.1. The van der Waals surface area contributed by atoms with Crippen molar-refractivity contribution in [2.45, 2.75) is 76.7 Å². The summed E-state index contributed by atoms with van der Waals surface area (Å²) < 4.78 is 28.1. The number of carbonyl (C=O) groups excluding carboxylic acids is 1. The van der Waals surface area contributed by atoms with Gasteiger partial charge in [-0.1, -0.05) is 23.8 Å². The van der Waals surface area contributed by atoms with E-state index >= 15 is 0 Å². The predicted octanol–water partition coefficient (Wildman–Crippen LogP) is 3.02. The van der Waals surface area contributed by atoms with E-state index < -0.39 is 22.0 Å². The first-order valence-electron chi connectivity index (χ1n) is 12.4. The molecule has 1 aliphatic rings. The van der Waals surface area contributed by atoms with Crippen LogP contribution in [0.3, 0.4) is 0 Å². The van der Waals surface area contributed by atoms with Crippen LogP contribution in [0.4, 0.5) is 5.82 Å². The fourth-order valence-electron chi connectivity index (χ4n) is 4.61. The number of nitrogens with one attached hydrogen (secondary N) is 3. The van der Waals surface area contributed by atoms with Gasteiger partial charge in [-0.05, 0) is 82.1 Å². The molecule has 2 heterocycles. The SMILES string of the molecule is Cc1cc(C)c(S(=O)(=O)NC(CCNC(=O)CCCCc2ccc3c(n2)NCCC3)C(=O)O)c(C)c1. The average Bonchev–Trinajstić information content (AvgIpc) is 2.80. The molecule has 0 saturated heterocycles. The lowest BCUT2D eigenvalue weighted by molar-refractivity contribution is -0.139. The van der Waals surface area contributed by atoms with Gasteiger partial charge in [0.1, 0.15) is 11.9 Å². The molecule has 0 spiro atoms. The molecule has 0 bridgehead atoms. The molecule has 196 valence electrons. The number of nitrogens with zero attached hydrogens (tertiary/aromatic N) is 1. The third-order valence-corrected chi connectivity index (χ3v) is 8.04. The molecule has 3 rings (SSSR count). The maximum absolute atomic E-state index is 12.9. The molecule has 36 heavy (non-hydrogen) atoms. The molecule has 1 aliphatic heterocycles. The lowest BCUT2D eigenvalue weighted by Crippen LogP contribution is -2.43. The summed E-state index contributed by atoms with van der Waals surface area (Å²) in [5, 5.41) is 15.6. The fourth-order valence-corrected chi connectivity index (χ4v) is 6.29. The number of hydrogen-bond donors (Lipinski definition) is 4. The van der Waals surface area contributed by atoms with E-state index in [0.717, 1.165) is 49.3 Å². The number of aromatic nitrogens is 1. The Balaban J connectivity index is 1.43. The number of pyridine rings is 1. The monoisotopic (exact) mass is 516 g/mol. The van der Waals surface area contributed by atoms with Crippen molar-refractivity contribution in [1.29, 1.82) is 0 Å². The van der Waals surface area contributed by atoms with E-state index in [-0.39, 0.29) is 23.8 Å². The van der Waals surface area contributed by atoms with E-state index in [2.05, 4.69) is 26.4 Å². The highest BCUT2D eigenvalue weighted by atomic mass is 32.2. The third-order valence-electron chi connectivity index (χ3n) is 6.26. The Morgan fingerprint density at radius 2 is 1.86 bits per heavy atom. The van der Waals surface area contributed by atoms with Crippen molar-refractivity contribution < 1.29 is 23.1 Å². The zero-order valence-electron chi connectivity index (χ0n) is 21.2. The highest BCUT2D eigenvalue weighted by Gasteiger charge is 2.27. The first kappa shape index (κ1) is 27.6. The van der Waals surface area contributed by atoms with Gasteiger partial charge < -0.3 is 15.7 Å². The van der Waals surface area contributed by atoms with Crippen molar-refractivity contribution in [3.05, 3.63) is 52.2 Å². The summed E-state index contributed by atoms with van der Waals surface area (Å²) in [6, 6.07) is 6.30. The standard InChI is InChI=1S/C26H36N4O5S/c1-17-15-18(2)24(19(3)16-17)36(34,35)30-22(26(32)33)12-14-27-23(31)9-5-4-8-21-11-10-20-7-6-13-28-25(20)29-21/h10-11,15-16,22,30H,4-9,12-14H2,1-3H3,(H,27,31)(H,28,29)(H,32,33). The van der Waals surface area contributed by atoms with Crippen LogP contribution in [0.2, 0.25) is 0 Å². The average molecular weight is 517 g/mol. The van der Waals surface area contributed by atoms with Crippen molar-refractivity contribution in [2.24, 2.45) is 0 Å². The number of unbranched alkanes of at least 4 members (excludes halogenated alkanes) is 1. The van der Waals surface area contributed by atoms with Crippen LogP contribution in [-0.4, -0.2) is 49.5 Å². The maximum Gasteiger partial charge on any atom is 0.321 e. The summed E-state index contributed by atoms with van der Waals surface area (Å²) in [5.74, 6) is -0.512. The molecule has 9 nitrogen and oxygen atoms in total. The predicted molar refractivity (Wildman–Crippen MR) is 139 cm³/mol. The van der Waals surface area contributed by atoms with E-state index in [4.69, 9.17) is 0 Å². The number of anilines is 1. The summed E-state index contributed by atoms with van der Waals surface area (Å²) in [6.45, 7) is 6.24. The van der Waals surface area contributed by atoms with Gasteiger partial charge in [0, 0.05) is 25.2 Å². The summed E-state index contributed by atoms with van der Waals surface area (Å²) in [6.07, 6.45) is 4.69. The van der Waals surface area contributed by atoms with E-state index in [1.54, 1.807) is 26.0 Å². The van der Waals surface area contributed by atoms with Gasteiger partial charge in [-0.3, -0.25) is 9.59 Å². The highest BCUT2D eigenvalue weighted by Crippen LogP contribution is 2.22. The van der Waals surface area contributed by atoms with Crippen molar-refractivity contribution in [2.75, 3.05) is 18.4 Å². The van der Waals surface area contributed by atoms with Gasteiger partial charge in [0.25, 0.3) is 0 Å². The minimum absolute atomic E-state index is 0.0578. The molecular formula is C26H36N4O5S. The number of benzene rings is 1. The van der Waals surface area contributed by atoms with Crippen LogP contribution in [0.5, 0.6) is 0 Å².